The standard InChI is InChI=1S/C50H56O6P2/c1-31(2)41-29-37(9)39(11)47(49(41)55-57(51-43-25-17-13-21-33(43)5)52-44-26-18-14-22-34(44)6)48-40(12)38(10)30-42(32(3)4)50(48)56-58(53-45-27-19-15-23-35(45)7)54-46-28-20-16-24-36(46)8/h13-32H,1-12H3. The Labute approximate surface area is 348 Å². The topological polar surface area (TPSA) is 55.4 Å². The van der Waals surface area contributed by atoms with Crippen molar-refractivity contribution in [3.05, 3.63) is 165 Å². The molecule has 0 fully saturated rings. The summed E-state index contributed by atoms with van der Waals surface area (Å²) in [6.45, 7) is 25.5. The van der Waals surface area contributed by atoms with Gasteiger partial charge in [-0.2, -0.15) is 0 Å². The molecule has 302 valence electrons. The van der Waals surface area contributed by atoms with Gasteiger partial charge in [0.1, 0.15) is 34.5 Å². The SMILES string of the molecule is Cc1ccccc1OP(Oc1ccccc1C)Oc1c(C(C)C)cc(C)c(C)c1-c1c(C)c(C)cc(C(C)C)c1OP(Oc1ccccc1C)Oc1ccccc1C. The Bertz CT molecular complexity index is 2120. The summed E-state index contributed by atoms with van der Waals surface area (Å²) in [6.07, 6.45) is 0. The molecule has 0 radical (unpaired) electrons. The van der Waals surface area contributed by atoms with Gasteiger partial charge in [0.15, 0.2) is 0 Å². The highest BCUT2D eigenvalue weighted by atomic mass is 31.2. The maximum Gasteiger partial charge on any atom is 0.530 e. The van der Waals surface area contributed by atoms with Gasteiger partial charge in [0, 0.05) is 11.1 Å². The second-order valence-electron chi connectivity index (χ2n) is 15.6. The molecular formula is C50H56O6P2. The first-order chi connectivity index (χ1) is 27.7. The lowest BCUT2D eigenvalue weighted by Gasteiger charge is -2.29. The Morgan fingerprint density at radius 2 is 0.603 bits per heavy atom. The van der Waals surface area contributed by atoms with E-state index in [0.29, 0.717) is 34.5 Å². The van der Waals surface area contributed by atoms with Crippen LogP contribution in [0.5, 0.6) is 34.5 Å². The monoisotopic (exact) mass is 814 g/mol. The Balaban J connectivity index is 1.59. The third kappa shape index (κ3) is 9.63. The average Bonchev–Trinajstić information content (AvgIpc) is 3.18. The number of rotatable bonds is 15. The van der Waals surface area contributed by atoms with Crippen LogP contribution in [-0.4, -0.2) is 0 Å². The molecule has 6 aromatic carbocycles. The Kier molecular flexibility index (Phi) is 13.7. The smallest absolute Gasteiger partial charge is 0.408 e. The van der Waals surface area contributed by atoms with Crippen LogP contribution in [0, 0.1) is 55.4 Å². The molecule has 0 heterocycles. The molecule has 0 N–H and O–H groups in total. The summed E-state index contributed by atoms with van der Waals surface area (Å²) in [7, 11) is -4.03. The van der Waals surface area contributed by atoms with E-state index >= 15 is 0 Å². The van der Waals surface area contributed by atoms with Gasteiger partial charge in [-0.25, -0.2) is 0 Å². The van der Waals surface area contributed by atoms with Crippen molar-refractivity contribution in [2.75, 3.05) is 0 Å². The van der Waals surface area contributed by atoms with Crippen molar-refractivity contribution in [2.24, 2.45) is 0 Å². The normalized spacial score (nSPS) is 11.4. The zero-order valence-electron chi connectivity index (χ0n) is 35.9. The van der Waals surface area contributed by atoms with Crippen LogP contribution in [0.2, 0.25) is 0 Å². The van der Waals surface area contributed by atoms with Crippen LogP contribution >= 0.6 is 17.2 Å². The number of hydrogen-bond acceptors (Lipinski definition) is 6. The fourth-order valence-corrected chi connectivity index (χ4v) is 9.09. The van der Waals surface area contributed by atoms with E-state index in [1.807, 2.05) is 125 Å². The number of benzene rings is 6. The van der Waals surface area contributed by atoms with E-state index in [1.165, 1.54) is 0 Å². The van der Waals surface area contributed by atoms with E-state index in [0.717, 1.165) is 66.8 Å². The zero-order valence-corrected chi connectivity index (χ0v) is 37.7. The van der Waals surface area contributed by atoms with Gasteiger partial charge < -0.3 is 27.1 Å². The average molecular weight is 815 g/mol. The summed E-state index contributed by atoms with van der Waals surface area (Å²) in [4.78, 5) is 0. The van der Waals surface area contributed by atoms with Crippen molar-refractivity contribution in [1.82, 2.24) is 0 Å². The molecule has 0 aliphatic rings. The predicted molar refractivity (Wildman–Crippen MR) is 241 cm³/mol. The molecule has 6 nitrogen and oxygen atoms in total. The largest absolute Gasteiger partial charge is 0.530 e. The summed E-state index contributed by atoms with van der Waals surface area (Å²) in [5.74, 6) is 4.39. The summed E-state index contributed by atoms with van der Waals surface area (Å²) in [6, 6.07) is 36.3. The molecule has 0 unspecified atom stereocenters. The lowest BCUT2D eigenvalue weighted by molar-refractivity contribution is 0.380. The summed E-state index contributed by atoms with van der Waals surface area (Å²) >= 11 is 0. The van der Waals surface area contributed by atoms with Gasteiger partial charge in [-0.05, 0) is 147 Å². The summed E-state index contributed by atoms with van der Waals surface area (Å²) in [5.41, 5.74) is 12.3. The molecular weight excluding hydrogens is 758 g/mol. The molecule has 58 heavy (non-hydrogen) atoms. The van der Waals surface area contributed by atoms with Crippen molar-refractivity contribution >= 4 is 17.2 Å². The van der Waals surface area contributed by atoms with E-state index in [4.69, 9.17) is 27.1 Å². The molecule has 0 aliphatic carbocycles. The van der Waals surface area contributed by atoms with Gasteiger partial charge in [-0.3, -0.25) is 0 Å². The third-order valence-electron chi connectivity index (χ3n) is 10.5. The van der Waals surface area contributed by atoms with Crippen molar-refractivity contribution in [1.29, 1.82) is 0 Å². The number of aryl methyl sites for hydroxylation is 6. The molecule has 0 bridgehead atoms. The van der Waals surface area contributed by atoms with Crippen molar-refractivity contribution < 1.29 is 27.1 Å². The fraction of sp³-hybridized carbons (Fsp3) is 0.280. The van der Waals surface area contributed by atoms with Crippen LogP contribution in [0.25, 0.3) is 11.1 Å². The van der Waals surface area contributed by atoms with Gasteiger partial charge in [0.05, 0.1) is 0 Å². The van der Waals surface area contributed by atoms with Crippen LogP contribution in [0.3, 0.4) is 0 Å². The van der Waals surface area contributed by atoms with Gasteiger partial charge in [0.2, 0.25) is 0 Å². The highest BCUT2D eigenvalue weighted by molar-refractivity contribution is 7.43. The lowest BCUT2D eigenvalue weighted by atomic mass is 9.84. The third-order valence-corrected chi connectivity index (χ3v) is 12.6. The summed E-state index contributed by atoms with van der Waals surface area (Å²) < 4.78 is 41.4. The first-order valence-electron chi connectivity index (χ1n) is 19.9. The maximum absolute atomic E-state index is 7.23. The molecule has 6 rings (SSSR count). The molecule has 8 heteroatoms. The Hall–Kier alpha value is -5.02. The fourth-order valence-electron chi connectivity index (χ4n) is 6.71. The highest BCUT2D eigenvalue weighted by Gasteiger charge is 2.33. The van der Waals surface area contributed by atoms with Gasteiger partial charge in [-0.1, -0.05) is 113 Å². The van der Waals surface area contributed by atoms with E-state index in [2.05, 4.69) is 67.5 Å². The highest BCUT2D eigenvalue weighted by Crippen LogP contribution is 2.56. The molecule has 0 aromatic heterocycles. The second-order valence-corrected chi connectivity index (χ2v) is 17.6. The predicted octanol–water partition coefficient (Wildman–Crippen LogP) is 15.6. The number of para-hydroxylation sites is 4. The molecule has 0 atom stereocenters. The zero-order chi connectivity index (χ0) is 41.7. The first kappa shape index (κ1) is 42.6. The van der Waals surface area contributed by atoms with E-state index in [9.17, 15) is 0 Å². The number of hydrogen-bond donors (Lipinski definition) is 0. The van der Waals surface area contributed by atoms with Crippen molar-refractivity contribution in [3.8, 4) is 45.6 Å². The first-order valence-corrected chi connectivity index (χ1v) is 22.1. The Morgan fingerprint density at radius 3 is 0.845 bits per heavy atom. The van der Waals surface area contributed by atoms with Crippen molar-refractivity contribution in [2.45, 2.75) is 94.9 Å². The van der Waals surface area contributed by atoms with E-state index < -0.39 is 17.2 Å². The quantitative estimate of drug-likeness (QED) is 0.0963. The minimum absolute atomic E-state index is 0.103. The van der Waals surface area contributed by atoms with Gasteiger partial charge >= 0.3 is 17.2 Å². The second kappa shape index (κ2) is 18.7. The molecule has 0 saturated carbocycles. The van der Waals surface area contributed by atoms with Crippen LogP contribution in [0.1, 0.15) is 95.2 Å². The van der Waals surface area contributed by atoms with Crippen LogP contribution < -0.4 is 27.1 Å². The molecule has 0 amide bonds. The van der Waals surface area contributed by atoms with E-state index in [-0.39, 0.29) is 11.8 Å². The minimum atomic E-state index is -2.02. The Morgan fingerprint density at radius 1 is 0.345 bits per heavy atom. The van der Waals surface area contributed by atoms with Crippen LogP contribution in [0.15, 0.2) is 109 Å². The van der Waals surface area contributed by atoms with E-state index in [1.54, 1.807) is 0 Å². The van der Waals surface area contributed by atoms with Crippen molar-refractivity contribution in [3.63, 3.8) is 0 Å². The molecule has 6 aromatic rings. The van der Waals surface area contributed by atoms with Crippen LogP contribution in [0.4, 0.5) is 0 Å². The molecule has 0 aliphatic heterocycles. The lowest BCUT2D eigenvalue weighted by Crippen LogP contribution is -2.11. The molecule has 0 spiro atoms. The van der Waals surface area contributed by atoms with Gasteiger partial charge in [-0.15, -0.1) is 0 Å². The van der Waals surface area contributed by atoms with Gasteiger partial charge in [0.25, 0.3) is 0 Å². The maximum atomic E-state index is 7.23. The molecule has 0 saturated heterocycles. The summed E-state index contributed by atoms with van der Waals surface area (Å²) in [5, 5.41) is 0. The van der Waals surface area contributed by atoms with Crippen LogP contribution in [-0.2, 0) is 0 Å². The minimum Gasteiger partial charge on any atom is -0.408 e.